The second-order valence-corrected chi connectivity index (χ2v) is 7.97. The Bertz CT molecular complexity index is 1130. The molecule has 0 aliphatic carbocycles. The quantitative estimate of drug-likeness (QED) is 0.666. The predicted molar refractivity (Wildman–Crippen MR) is 114 cm³/mol. The monoisotopic (exact) mass is 416 g/mol. The van der Waals surface area contributed by atoms with Crippen molar-refractivity contribution < 1.29 is 19.2 Å². The summed E-state index contributed by atoms with van der Waals surface area (Å²) in [4.78, 5) is 50.4. The average molecular weight is 416 g/mol. The molecule has 1 unspecified atom stereocenters. The molecule has 2 aromatic carbocycles. The molecule has 1 fully saturated rings. The third kappa shape index (κ3) is 3.59. The molecule has 156 valence electrons. The number of benzene rings is 1. The lowest BCUT2D eigenvalue weighted by molar-refractivity contribution is -0.129. The van der Waals surface area contributed by atoms with Crippen molar-refractivity contribution in [3.05, 3.63) is 47.5 Å². The fraction of sp³-hybridized carbons (Fsp3) is 0.304. The molecule has 3 aliphatic rings. The largest absolute Gasteiger partial charge is 0.326 e. The van der Waals surface area contributed by atoms with Crippen molar-refractivity contribution in [3.8, 4) is 0 Å². The molecule has 0 bridgehead atoms. The fourth-order valence-electron chi connectivity index (χ4n) is 4.26. The van der Waals surface area contributed by atoms with E-state index in [4.69, 9.17) is 0 Å². The number of aryl methyl sites for hydroxylation is 2. The zero-order valence-electron chi connectivity index (χ0n) is 16.7. The third-order valence-corrected chi connectivity index (χ3v) is 5.92. The van der Waals surface area contributed by atoms with Crippen LogP contribution in [0, 0.1) is 18.1 Å². The molecule has 3 heterocycles. The van der Waals surface area contributed by atoms with Gasteiger partial charge in [-0.1, -0.05) is 0 Å². The summed E-state index contributed by atoms with van der Waals surface area (Å²) in [5.74, 6) is -1.46. The Balaban J connectivity index is 1.28. The van der Waals surface area contributed by atoms with Crippen LogP contribution >= 0.6 is 0 Å². The summed E-state index contributed by atoms with van der Waals surface area (Å²) in [7, 11) is 0. The molecule has 1 atom stereocenters. The van der Waals surface area contributed by atoms with Crippen LogP contribution in [0.25, 0.3) is 0 Å². The Morgan fingerprint density at radius 3 is 2.58 bits per heavy atom. The smallest absolute Gasteiger partial charge is 0.239 e. The SMILES string of the molecule is O=C1CCc2cc(NC(=O)C3CCN(c4ccc5c(c4)CCC(=O)N5)C3=O)c#cc2N1. The summed E-state index contributed by atoms with van der Waals surface area (Å²) >= 11 is 0. The highest BCUT2D eigenvalue weighted by molar-refractivity contribution is 6.13. The highest BCUT2D eigenvalue weighted by atomic mass is 16.2. The number of carbonyl (C=O) groups excluding carboxylic acids is 4. The first-order valence-corrected chi connectivity index (χ1v) is 10.3. The summed E-state index contributed by atoms with van der Waals surface area (Å²) in [6, 6.07) is 13.0. The number of fused-ring (bicyclic) bond motifs is 2. The van der Waals surface area contributed by atoms with Gasteiger partial charge in [0.25, 0.3) is 0 Å². The fourth-order valence-corrected chi connectivity index (χ4v) is 4.26. The van der Waals surface area contributed by atoms with Gasteiger partial charge >= 0.3 is 0 Å². The molecule has 8 nitrogen and oxygen atoms in total. The van der Waals surface area contributed by atoms with Crippen molar-refractivity contribution >= 4 is 46.4 Å². The Kier molecular flexibility index (Phi) is 4.59. The van der Waals surface area contributed by atoms with Crippen molar-refractivity contribution in [3.63, 3.8) is 0 Å². The zero-order chi connectivity index (χ0) is 21.5. The van der Waals surface area contributed by atoms with Crippen LogP contribution in [0.2, 0.25) is 0 Å². The van der Waals surface area contributed by atoms with Crippen LogP contribution in [-0.4, -0.2) is 30.2 Å². The number of rotatable bonds is 3. The average Bonchev–Trinajstić information content (AvgIpc) is 3.15. The van der Waals surface area contributed by atoms with E-state index in [0.717, 1.165) is 22.5 Å². The van der Waals surface area contributed by atoms with E-state index in [1.807, 2.05) is 6.07 Å². The lowest BCUT2D eigenvalue weighted by atomic mass is 10.0. The molecular weight excluding hydrogens is 396 g/mol. The molecule has 0 radical (unpaired) electrons. The van der Waals surface area contributed by atoms with E-state index in [-0.39, 0.29) is 23.6 Å². The molecule has 0 aromatic heterocycles. The predicted octanol–water partition coefficient (Wildman–Crippen LogP) is 2.05. The Hall–Kier alpha value is -3.86. The van der Waals surface area contributed by atoms with Crippen molar-refractivity contribution in [2.45, 2.75) is 32.1 Å². The first kappa shape index (κ1) is 19.1. The van der Waals surface area contributed by atoms with Gasteiger partial charge in [0.1, 0.15) is 5.92 Å². The van der Waals surface area contributed by atoms with Gasteiger partial charge in [0.2, 0.25) is 23.6 Å². The maximum absolute atomic E-state index is 13.0. The molecule has 31 heavy (non-hydrogen) atoms. The van der Waals surface area contributed by atoms with Crippen LogP contribution in [0.5, 0.6) is 0 Å². The number of anilines is 4. The number of carbonyl (C=O) groups is 4. The molecule has 3 aliphatic heterocycles. The molecule has 1 saturated heterocycles. The van der Waals surface area contributed by atoms with Gasteiger partial charge in [-0.05, 0) is 66.8 Å². The summed E-state index contributed by atoms with van der Waals surface area (Å²) in [5.41, 5.74) is 4.41. The van der Waals surface area contributed by atoms with Gasteiger partial charge in [-0.2, -0.15) is 0 Å². The van der Waals surface area contributed by atoms with Gasteiger partial charge in [0, 0.05) is 30.8 Å². The minimum Gasteiger partial charge on any atom is -0.326 e. The minimum atomic E-state index is -0.778. The summed E-state index contributed by atoms with van der Waals surface area (Å²) < 4.78 is 0. The van der Waals surface area contributed by atoms with Crippen molar-refractivity contribution in [1.82, 2.24) is 0 Å². The van der Waals surface area contributed by atoms with Crippen LogP contribution in [0.4, 0.5) is 22.7 Å². The Morgan fingerprint density at radius 2 is 1.74 bits per heavy atom. The van der Waals surface area contributed by atoms with E-state index in [9.17, 15) is 19.2 Å². The third-order valence-electron chi connectivity index (χ3n) is 5.92. The summed E-state index contributed by atoms with van der Waals surface area (Å²) in [5, 5.41) is 8.33. The second kappa shape index (κ2) is 7.43. The molecule has 0 spiro atoms. The van der Waals surface area contributed by atoms with Gasteiger partial charge in [-0.15, -0.1) is 0 Å². The lowest BCUT2D eigenvalue weighted by Gasteiger charge is -2.22. The maximum atomic E-state index is 13.0. The second-order valence-electron chi connectivity index (χ2n) is 7.97. The number of hydrogen-bond donors (Lipinski definition) is 3. The van der Waals surface area contributed by atoms with Gasteiger partial charge in [-0.3, -0.25) is 19.2 Å². The standard InChI is InChI=1S/C23H20N4O4/c28-20-7-1-13-11-15(3-5-18(13)25-20)24-22(30)17-9-10-27(23(17)31)16-4-6-19-14(12-16)2-8-21(29)26-19/h4,6,11-12,17H,1-2,7-10H2,(H,24,30)(H,25,28)(H,26,29). The Labute approximate surface area is 179 Å². The maximum Gasteiger partial charge on any atom is 0.239 e. The Morgan fingerprint density at radius 1 is 0.968 bits per heavy atom. The van der Waals surface area contributed by atoms with E-state index < -0.39 is 5.92 Å². The van der Waals surface area contributed by atoms with Crippen LogP contribution in [0.1, 0.15) is 30.4 Å². The normalized spacial score (nSPS) is 19.7. The molecule has 0 saturated carbocycles. The van der Waals surface area contributed by atoms with Gasteiger partial charge in [-0.25, -0.2) is 0 Å². The van der Waals surface area contributed by atoms with Crippen molar-refractivity contribution in [2.75, 3.05) is 27.4 Å². The molecule has 2 aromatic rings. The number of hydrogen-bond acceptors (Lipinski definition) is 4. The van der Waals surface area contributed by atoms with Crippen molar-refractivity contribution in [2.24, 2.45) is 5.92 Å². The molecule has 4 amide bonds. The first-order chi connectivity index (χ1) is 15.0. The number of amides is 4. The minimum absolute atomic E-state index is 0.00663. The van der Waals surface area contributed by atoms with Gasteiger partial charge in [0.15, 0.2) is 0 Å². The lowest BCUT2D eigenvalue weighted by Crippen LogP contribution is -2.33. The molecular formula is C23H20N4O4. The zero-order valence-corrected chi connectivity index (χ0v) is 16.7. The van der Waals surface area contributed by atoms with Gasteiger partial charge < -0.3 is 20.9 Å². The van der Waals surface area contributed by atoms with Crippen LogP contribution in [0.15, 0.2) is 24.3 Å². The van der Waals surface area contributed by atoms with E-state index in [1.165, 1.54) is 0 Å². The van der Waals surface area contributed by atoms with E-state index in [1.54, 1.807) is 23.1 Å². The molecule has 5 rings (SSSR count). The van der Waals surface area contributed by atoms with Crippen LogP contribution in [0.3, 0.4) is 0 Å². The van der Waals surface area contributed by atoms with Crippen molar-refractivity contribution in [1.29, 1.82) is 0 Å². The van der Waals surface area contributed by atoms with E-state index in [0.29, 0.717) is 50.0 Å². The van der Waals surface area contributed by atoms with E-state index in [2.05, 4.69) is 28.1 Å². The summed E-state index contributed by atoms with van der Waals surface area (Å²) in [6.45, 7) is 0.453. The highest BCUT2D eigenvalue weighted by Gasteiger charge is 2.38. The molecule has 8 heteroatoms. The van der Waals surface area contributed by atoms with Gasteiger partial charge in [0.05, 0.1) is 11.4 Å². The summed E-state index contributed by atoms with van der Waals surface area (Å²) in [6.07, 6.45) is 2.44. The number of nitrogens with one attached hydrogen (secondary N) is 3. The van der Waals surface area contributed by atoms with Crippen LogP contribution < -0.4 is 20.9 Å². The highest BCUT2D eigenvalue weighted by Crippen LogP contribution is 2.32. The molecule has 3 N–H and O–H groups in total. The number of nitrogens with zero attached hydrogens (tertiary/aromatic N) is 1. The first-order valence-electron chi connectivity index (χ1n) is 10.3. The topological polar surface area (TPSA) is 108 Å². The van der Waals surface area contributed by atoms with E-state index >= 15 is 0 Å². The van der Waals surface area contributed by atoms with Crippen LogP contribution in [-0.2, 0) is 32.0 Å².